The van der Waals surface area contributed by atoms with E-state index < -0.39 is 53.7 Å². The van der Waals surface area contributed by atoms with Gasteiger partial charge < -0.3 is 18.9 Å². The molecule has 27 heavy (non-hydrogen) atoms. The van der Waals surface area contributed by atoms with Crippen molar-refractivity contribution in [3.63, 3.8) is 0 Å². The number of hydrogen-bond donors (Lipinski definition) is 1. The Morgan fingerprint density at radius 3 is 2.26 bits per heavy atom. The summed E-state index contributed by atoms with van der Waals surface area (Å²) in [6.45, 7) is 3.18. The van der Waals surface area contributed by atoms with Crippen molar-refractivity contribution in [1.29, 1.82) is 0 Å². The molecule has 0 spiro atoms. The molecular formula is C15H17IN2O9. The molecule has 0 amide bonds. The first kappa shape index (κ1) is 21.1. The molecule has 1 fully saturated rings. The number of H-pyrrole nitrogens is 1. The van der Waals surface area contributed by atoms with Crippen LogP contribution < -0.4 is 11.2 Å². The Balaban J connectivity index is 2.47. The Bertz CT molecular complexity index is 862. The number of nitrogens with zero attached hydrogens (tertiary/aromatic N) is 1. The van der Waals surface area contributed by atoms with Crippen molar-refractivity contribution in [2.75, 3.05) is 6.61 Å². The molecule has 1 saturated heterocycles. The Labute approximate surface area is 166 Å². The molecule has 1 aromatic heterocycles. The largest absolute Gasteiger partial charge is 0.463 e. The van der Waals surface area contributed by atoms with Gasteiger partial charge >= 0.3 is 23.6 Å². The summed E-state index contributed by atoms with van der Waals surface area (Å²) in [7, 11) is 0. The first-order chi connectivity index (χ1) is 12.6. The fourth-order valence-electron chi connectivity index (χ4n) is 2.57. The molecule has 0 saturated carbocycles. The van der Waals surface area contributed by atoms with Crippen LogP contribution >= 0.6 is 22.6 Å². The van der Waals surface area contributed by atoms with Crippen molar-refractivity contribution in [3.05, 3.63) is 30.6 Å². The van der Waals surface area contributed by atoms with E-state index in [4.69, 9.17) is 18.9 Å². The number of carbonyl (C=O) groups is 3. The van der Waals surface area contributed by atoms with Crippen molar-refractivity contribution in [3.8, 4) is 0 Å². The van der Waals surface area contributed by atoms with E-state index >= 15 is 0 Å². The van der Waals surface area contributed by atoms with Gasteiger partial charge in [-0.2, -0.15) is 0 Å². The zero-order valence-electron chi connectivity index (χ0n) is 14.6. The molecule has 0 radical (unpaired) electrons. The average Bonchev–Trinajstić information content (AvgIpc) is 2.85. The molecule has 0 bridgehead atoms. The standard InChI is InChI=1S/C15H17IN2O9/c1-6(19)24-5-10-11(25-7(2)20)12(26-8(3)21)14(27-10)18-4-9(16)13(22)17-15(18)23/h4,10-12,14H,5H2,1-3H3,(H,17,22,23)/t10-,11?,12?,14-/m1/s1. The average molecular weight is 496 g/mol. The maximum Gasteiger partial charge on any atom is 0.330 e. The van der Waals surface area contributed by atoms with Gasteiger partial charge in [0.2, 0.25) is 0 Å². The molecule has 12 heteroatoms. The van der Waals surface area contributed by atoms with E-state index in [1.165, 1.54) is 13.1 Å². The molecule has 2 rings (SSSR count). The number of aromatic amines is 1. The topological polar surface area (TPSA) is 143 Å². The maximum absolute atomic E-state index is 12.2. The zero-order chi connectivity index (χ0) is 20.3. The smallest absolute Gasteiger partial charge is 0.330 e. The van der Waals surface area contributed by atoms with Gasteiger partial charge in [0.05, 0.1) is 3.57 Å². The molecule has 1 aromatic rings. The quantitative estimate of drug-likeness (QED) is 0.323. The minimum Gasteiger partial charge on any atom is -0.463 e. The third kappa shape index (κ3) is 5.15. The van der Waals surface area contributed by atoms with Gasteiger partial charge in [0, 0.05) is 27.0 Å². The van der Waals surface area contributed by atoms with Crippen LogP contribution in [0.5, 0.6) is 0 Å². The van der Waals surface area contributed by atoms with E-state index in [9.17, 15) is 24.0 Å². The van der Waals surface area contributed by atoms with Gasteiger partial charge in [-0.3, -0.25) is 28.7 Å². The van der Waals surface area contributed by atoms with E-state index in [1.54, 1.807) is 22.6 Å². The van der Waals surface area contributed by atoms with Crippen LogP contribution in [0.25, 0.3) is 0 Å². The Morgan fingerprint density at radius 1 is 1.11 bits per heavy atom. The summed E-state index contributed by atoms with van der Waals surface area (Å²) in [5, 5.41) is 0. The summed E-state index contributed by atoms with van der Waals surface area (Å²) in [6.07, 6.45) is -3.32. The first-order valence-corrected chi connectivity index (χ1v) is 8.82. The van der Waals surface area contributed by atoms with Gasteiger partial charge in [-0.25, -0.2) is 4.79 Å². The number of aromatic nitrogens is 2. The van der Waals surface area contributed by atoms with Crippen molar-refractivity contribution in [2.24, 2.45) is 0 Å². The number of ether oxygens (including phenoxy) is 4. The van der Waals surface area contributed by atoms with E-state index in [0.717, 1.165) is 18.4 Å². The fourth-order valence-corrected chi connectivity index (χ4v) is 3.00. The highest BCUT2D eigenvalue weighted by Gasteiger charge is 2.50. The number of rotatable bonds is 5. The van der Waals surface area contributed by atoms with Crippen LogP contribution in [0.3, 0.4) is 0 Å². The minimum atomic E-state index is -1.21. The molecule has 1 aliphatic rings. The summed E-state index contributed by atoms with van der Waals surface area (Å²) in [6, 6.07) is 0. The maximum atomic E-state index is 12.2. The lowest BCUT2D eigenvalue weighted by Crippen LogP contribution is -2.42. The van der Waals surface area contributed by atoms with Crippen LogP contribution in [0.15, 0.2) is 15.8 Å². The van der Waals surface area contributed by atoms with E-state index in [-0.39, 0.29) is 10.2 Å². The third-order valence-electron chi connectivity index (χ3n) is 3.54. The predicted octanol–water partition coefficient (Wildman–Crippen LogP) is -0.535. The van der Waals surface area contributed by atoms with Crippen molar-refractivity contribution in [1.82, 2.24) is 9.55 Å². The number of halogens is 1. The van der Waals surface area contributed by atoms with E-state index in [0.29, 0.717) is 0 Å². The highest BCUT2D eigenvalue weighted by molar-refractivity contribution is 14.1. The Morgan fingerprint density at radius 2 is 1.70 bits per heavy atom. The molecule has 2 unspecified atom stereocenters. The molecule has 0 aromatic carbocycles. The molecule has 1 N–H and O–H groups in total. The molecule has 2 heterocycles. The Hall–Kier alpha value is -2.22. The van der Waals surface area contributed by atoms with Crippen LogP contribution in [0.2, 0.25) is 0 Å². The van der Waals surface area contributed by atoms with Crippen LogP contribution in [0.4, 0.5) is 0 Å². The van der Waals surface area contributed by atoms with E-state index in [2.05, 4.69) is 4.98 Å². The zero-order valence-corrected chi connectivity index (χ0v) is 16.8. The molecule has 148 valence electrons. The summed E-state index contributed by atoms with van der Waals surface area (Å²) in [5.41, 5.74) is -1.40. The normalized spacial score (nSPS) is 24.3. The second kappa shape index (κ2) is 8.65. The number of hydrogen-bond acceptors (Lipinski definition) is 9. The van der Waals surface area contributed by atoms with Gasteiger partial charge in [-0.05, 0) is 22.6 Å². The predicted molar refractivity (Wildman–Crippen MR) is 95.7 cm³/mol. The third-order valence-corrected chi connectivity index (χ3v) is 4.31. The highest BCUT2D eigenvalue weighted by Crippen LogP contribution is 2.33. The molecule has 11 nitrogen and oxygen atoms in total. The van der Waals surface area contributed by atoms with Gasteiger partial charge in [-0.1, -0.05) is 0 Å². The minimum absolute atomic E-state index is 0.185. The van der Waals surface area contributed by atoms with Crippen LogP contribution in [-0.2, 0) is 33.3 Å². The van der Waals surface area contributed by atoms with Crippen molar-refractivity contribution < 1.29 is 33.3 Å². The SMILES string of the molecule is CC(=O)OC[C@H]1O[C@@H](n2cc(I)c(=O)[nH]c2=O)C(OC(C)=O)C1OC(C)=O. The monoisotopic (exact) mass is 496 g/mol. The molecule has 0 aliphatic carbocycles. The second-order valence-electron chi connectivity index (χ2n) is 5.66. The first-order valence-electron chi connectivity index (χ1n) is 7.74. The van der Waals surface area contributed by atoms with Gasteiger partial charge in [-0.15, -0.1) is 0 Å². The van der Waals surface area contributed by atoms with Crippen LogP contribution in [0.1, 0.15) is 27.0 Å². The van der Waals surface area contributed by atoms with Crippen molar-refractivity contribution >= 4 is 40.5 Å². The second-order valence-corrected chi connectivity index (χ2v) is 6.82. The van der Waals surface area contributed by atoms with Crippen LogP contribution in [-0.4, -0.2) is 52.4 Å². The molecule has 4 atom stereocenters. The molecular weight excluding hydrogens is 479 g/mol. The van der Waals surface area contributed by atoms with Gasteiger partial charge in [0.1, 0.15) is 12.7 Å². The highest BCUT2D eigenvalue weighted by atomic mass is 127. The van der Waals surface area contributed by atoms with Crippen LogP contribution in [0, 0.1) is 3.57 Å². The fraction of sp³-hybridized carbons (Fsp3) is 0.533. The summed E-state index contributed by atoms with van der Waals surface area (Å²) < 4.78 is 22.2. The summed E-state index contributed by atoms with van der Waals surface area (Å²) in [5.74, 6) is -1.98. The lowest BCUT2D eigenvalue weighted by atomic mass is 10.1. The summed E-state index contributed by atoms with van der Waals surface area (Å²) in [4.78, 5) is 60.0. The number of esters is 3. The lowest BCUT2D eigenvalue weighted by molar-refractivity contribution is -0.166. The summed E-state index contributed by atoms with van der Waals surface area (Å²) >= 11 is 1.72. The Kier molecular flexibility index (Phi) is 6.75. The number of nitrogens with one attached hydrogen (secondary N) is 1. The van der Waals surface area contributed by atoms with Gasteiger partial charge in [0.25, 0.3) is 5.56 Å². The lowest BCUT2D eigenvalue weighted by Gasteiger charge is -2.23. The number of carbonyl (C=O) groups excluding carboxylic acids is 3. The van der Waals surface area contributed by atoms with E-state index in [1.807, 2.05) is 0 Å². The van der Waals surface area contributed by atoms with Gasteiger partial charge in [0.15, 0.2) is 18.4 Å². The van der Waals surface area contributed by atoms with Crippen molar-refractivity contribution in [2.45, 2.75) is 45.3 Å². The molecule has 1 aliphatic heterocycles.